The SMILES string of the molecule is CCOC(=O)C(C)C(C)OCC=O. The summed E-state index contributed by atoms with van der Waals surface area (Å²) in [6, 6.07) is 0. The van der Waals surface area contributed by atoms with Crippen molar-refractivity contribution in [1.29, 1.82) is 0 Å². The molecule has 0 aromatic heterocycles. The van der Waals surface area contributed by atoms with Crippen molar-refractivity contribution < 1.29 is 19.1 Å². The average Bonchev–Trinajstić information content (AvgIpc) is 2.13. The molecule has 0 spiro atoms. The van der Waals surface area contributed by atoms with Gasteiger partial charge in [0, 0.05) is 0 Å². The first kappa shape index (κ1) is 12.1. The van der Waals surface area contributed by atoms with Crippen molar-refractivity contribution in [3.63, 3.8) is 0 Å². The zero-order valence-corrected chi connectivity index (χ0v) is 8.28. The molecule has 2 unspecified atom stereocenters. The van der Waals surface area contributed by atoms with Crippen molar-refractivity contribution in [2.24, 2.45) is 5.92 Å². The second kappa shape index (κ2) is 6.60. The molecular formula is C9H16O4. The smallest absolute Gasteiger partial charge is 0.311 e. The Morgan fingerprint density at radius 2 is 2.08 bits per heavy atom. The zero-order chi connectivity index (χ0) is 10.3. The Kier molecular flexibility index (Phi) is 6.14. The first-order valence-electron chi connectivity index (χ1n) is 4.35. The summed E-state index contributed by atoms with van der Waals surface area (Å²) < 4.78 is 9.85. The molecule has 0 aromatic rings. The minimum atomic E-state index is -0.333. The van der Waals surface area contributed by atoms with Crippen LogP contribution in [0.2, 0.25) is 0 Å². The van der Waals surface area contributed by atoms with Gasteiger partial charge in [0.1, 0.15) is 12.9 Å². The number of esters is 1. The normalized spacial score (nSPS) is 14.7. The van der Waals surface area contributed by atoms with Crippen LogP contribution in [0.5, 0.6) is 0 Å². The molecule has 0 aliphatic rings. The van der Waals surface area contributed by atoms with Gasteiger partial charge in [-0.25, -0.2) is 0 Å². The Labute approximate surface area is 78.2 Å². The fraction of sp³-hybridized carbons (Fsp3) is 0.778. The van der Waals surface area contributed by atoms with Crippen molar-refractivity contribution in [2.45, 2.75) is 26.9 Å². The third kappa shape index (κ3) is 4.62. The molecule has 0 N–H and O–H groups in total. The highest BCUT2D eigenvalue weighted by Crippen LogP contribution is 2.08. The second-order valence-corrected chi connectivity index (χ2v) is 2.75. The summed E-state index contributed by atoms with van der Waals surface area (Å²) in [6.07, 6.45) is 0.373. The van der Waals surface area contributed by atoms with Crippen LogP contribution in [0.4, 0.5) is 0 Å². The largest absolute Gasteiger partial charge is 0.466 e. The molecule has 0 rings (SSSR count). The van der Waals surface area contributed by atoms with E-state index in [-0.39, 0.29) is 24.6 Å². The molecule has 0 radical (unpaired) electrons. The van der Waals surface area contributed by atoms with Crippen LogP contribution in [0, 0.1) is 5.92 Å². The monoisotopic (exact) mass is 188 g/mol. The average molecular weight is 188 g/mol. The van der Waals surface area contributed by atoms with Crippen LogP contribution in [0.15, 0.2) is 0 Å². The lowest BCUT2D eigenvalue weighted by molar-refractivity contribution is -0.152. The maximum atomic E-state index is 11.2. The number of aldehydes is 1. The molecule has 13 heavy (non-hydrogen) atoms. The summed E-state index contributed by atoms with van der Waals surface area (Å²) >= 11 is 0. The third-order valence-electron chi connectivity index (χ3n) is 1.79. The maximum Gasteiger partial charge on any atom is 0.311 e. The van der Waals surface area contributed by atoms with Crippen molar-refractivity contribution in [1.82, 2.24) is 0 Å². The minimum absolute atomic E-state index is 0.0188. The lowest BCUT2D eigenvalue weighted by Gasteiger charge is -2.17. The van der Waals surface area contributed by atoms with Crippen LogP contribution >= 0.6 is 0 Å². The molecule has 0 fully saturated rings. The van der Waals surface area contributed by atoms with Crippen molar-refractivity contribution in [3.05, 3.63) is 0 Å². The van der Waals surface area contributed by atoms with Gasteiger partial charge < -0.3 is 14.3 Å². The highest BCUT2D eigenvalue weighted by Gasteiger charge is 2.21. The second-order valence-electron chi connectivity index (χ2n) is 2.75. The number of hydrogen-bond acceptors (Lipinski definition) is 4. The molecule has 0 saturated heterocycles. The molecule has 4 nitrogen and oxygen atoms in total. The van der Waals surface area contributed by atoms with Gasteiger partial charge in [-0.3, -0.25) is 4.79 Å². The van der Waals surface area contributed by atoms with E-state index in [1.165, 1.54) is 0 Å². The van der Waals surface area contributed by atoms with E-state index in [4.69, 9.17) is 9.47 Å². The Bertz CT molecular complexity index is 167. The van der Waals surface area contributed by atoms with E-state index in [1.54, 1.807) is 20.8 Å². The van der Waals surface area contributed by atoms with Gasteiger partial charge in [0.05, 0.1) is 18.6 Å². The molecule has 0 saturated carbocycles. The van der Waals surface area contributed by atoms with Gasteiger partial charge in [0.2, 0.25) is 0 Å². The summed E-state index contributed by atoms with van der Waals surface area (Å²) in [6.45, 7) is 5.59. The first-order valence-corrected chi connectivity index (χ1v) is 4.35. The van der Waals surface area contributed by atoms with E-state index in [9.17, 15) is 9.59 Å². The minimum Gasteiger partial charge on any atom is -0.466 e. The predicted octanol–water partition coefficient (Wildman–Crippen LogP) is 0.790. The number of carbonyl (C=O) groups is 2. The lowest BCUT2D eigenvalue weighted by Crippen LogP contribution is -2.28. The number of ether oxygens (including phenoxy) is 2. The van der Waals surface area contributed by atoms with Crippen molar-refractivity contribution >= 4 is 12.3 Å². The first-order chi connectivity index (χ1) is 6.13. The van der Waals surface area contributed by atoms with Gasteiger partial charge in [-0.1, -0.05) is 0 Å². The van der Waals surface area contributed by atoms with Crippen LogP contribution in [-0.4, -0.2) is 31.6 Å². The van der Waals surface area contributed by atoms with Crippen LogP contribution in [-0.2, 0) is 19.1 Å². The highest BCUT2D eigenvalue weighted by atomic mass is 16.5. The number of rotatable bonds is 6. The van der Waals surface area contributed by atoms with Crippen LogP contribution in [0.1, 0.15) is 20.8 Å². The fourth-order valence-corrected chi connectivity index (χ4v) is 0.801. The molecule has 0 amide bonds. The Morgan fingerprint density at radius 1 is 1.46 bits per heavy atom. The Hall–Kier alpha value is -0.900. The fourth-order valence-electron chi connectivity index (χ4n) is 0.801. The summed E-state index contributed by atoms with van der Waals surface area (Å²) in [4.78, 5) is 21.1. The molecule has 0 aromatic carbocycles. The van der Waals surface area contributed by atoms with E-state index >= 15 is 0 Å². The Balaban J connectivity index is 3.85. The predicted molar refractivity (Wildman–Crippen MR) is 47.3 cm³/mol. The van der Waals surface area contributed by atoms with Gasteiger partial charge in [0.15, 0.2) is 0 Å². The molecule has 4 heteroatoms. The number of hydrogen-bond donors (Lipinski definition) is 0. The van der Waals surface area contributed by atoms with Gasteiger partial charge in [-0.15, -0.1) is 0 Å². The van der Waals surface area contributed by atoms with Crippen LogP contribution < -0.4 is 0 Å². The van der Waals surface area contributed by atoms with Gasteiger partial charge in [0.25, 0.3) is 0 Å². The van der Waals surface area contributed by atoms with Crippen molar-refractivity contribution in [2.75, 3.05) is 13.2 Å². The van der Waals surface area contributed by atoms with E-state index in [2.05, 4.69) is 0 Å². The van der Waals surface area contributed by atoms with Gasteiger partial charge in [-0.05, 0) is 20.8 Å². The summed E-state index contributed by atoms with van der Waals surface area (Å²) in [5.41, 5.74) is 0. The summed E-state index contributed by atoms with van der Waals surface area (Å²) in [7, 11) is 0. The van der Waals surface area contributed by atoms with Gasteiger partial charge >= 0.3 is 5.97 Å². The lowest BCUT2D eigenvalue weighted by atomic mass is 10.1. The standard InChI is InChI=1S/C9H16O4/c1-4-12-9(11)7(2)8(3)13-6-5-10/h5,7-8H,4,6H2,1-3H3. The summed E-state index contributed by atoms with van der Waals surface area (Å²) in [5.74, 6) is -0.624. The number of carbonyl (C=O) groups excluding carboxylic acids is 2. The molecular weight excluding hydrogens is 172 g/mol. The van der Waals surface area contributed by atoms with Crippen LogP contribution in [0.3, 0.4) is 0 Å². The third-order valence-corrected chi connectivity index (χ3v) is 1.79. The molecule has 76 valence electrons. The van der Waals surface area contributed by atoms with E-state index in [0.29, 0.717) is 12.9 Å². The van der Waals surface area contributed by atoms with Gasteiger partial charge in [-0.2, -0.15) is 0 Å². The van der Waals surface area contributed by atoms with E-state index < -0.39 is 0 Å². The maximum absolute atomic E-state index is 11.2. The molecule has 0 bridgehead atoms. The quantitative estimate of drug-likeness (QED) is 0.457. The Morgan fingerprint density at radius 3 is 2.54 bits per heavy atom. The van der Waals surface area contributed by atoms with Crippen molar-refractivity contribution in [3.8, 4) is 0 Å². The molecule has 0 aliphatic heterocycles. The highest BCUT2D eigenvalue weighted by molar-refractivity contribution is 5.72. The summed E-state index contributed by atoms with van der Waals surface area (Å²) in [5, 5.41) is 0. The molecule has 0 heterocycles. The molecule has 2 atom stereocenters. The van der Waals surface area contributed by atoms with E-state index in [1.807, 2.05) is 0 Å². The zero-order valence-electron chi connectivity index (χ0n) is 8.28. The molecule has 0 aliphatic carbocycles. The van der Waals surface area contributed by atoms with E-state index in [0.717, 1.165) is 0 Å². The topological polar surface area (TPSA) is 52.6 Å². The van der Waals surface area contributed by atoms with Crippen LogP contribution in [0.25, 0.3) is 0 Å².